The minimum absolute atomic E-state index is 0. The number of hydrogen-bond acceptors (Lipinski definition) is 0. The molecule has 0 aliphatic rings. The zero-order valence-corrected chi connectivity index (χ0v) is 14.7. The van der Waals surface area contributed by atoms with Gasteiger partial charge in [-0.15, -0.1) is 0 Å². The smallest absolute Gasteiger partial charge is 0 e. The minimum Gasteiger partial charge on any atom is 0 e. The van der Waals surface area contributed by atoms with Crippen LogP contribution in [-0.2, 0) is 37.8 Å². The van der Waals surface area contributed by atoms with E-state index in [-0.39, 0.29) is 19.5 Å². The third-order valence-electron chi connectivity index (χ3n) is 2.10. The van der Waals surface area contributed by atoms with Gasteiger partial charge in [0, 0.05) is 19.5 Å². The topological polar surface area (TPSA) is 0 Å². The molecule has 0 fully saturated rings. The molecule has 0 N–H and O–H groups in total. The van der Waals surface area contributed by atoms with Gasteiger partial charge in [-0.3, -0.25) is 0 Å². The Morgan fingerprint density at radius 2 is 1.17 bits per heavy atom. The molecule has 0 heterocycles. The standard InChI is InChI=1S/C10H21.2Zn/c1-3-5-7-9-10-8-6-4-2;;/h1,3-10H2,2H3;;. The first-order chi connectivity index (χ1) is 5.41. The van der Waals surface area contributed by atoms with Crippen LogP contribution in [0.1, 0.15) is 58.3 Å². The molecule has 65 valence electrons. The van der Waals surface area contributed by atoms with E-state index in [1.807, 2.05) is 0 Å². The molecule has 0 bridgehead atoms. The summed E-state index contributed by atoms with van der Waals surface area (Å²) in [4.78, 5) is 0. The van der Waals surface area contributed by atoms with Gasteiger partial charge < -0.3 is 0 Å². The van der Waals surface area contributed by atoms with E-state index in [0.717, 1.165) is 0 Å². The van der Waals surface area contributed by atoms with Crippen LogP contribution in [0.2, 0.25) is 5.02 Å². The number of hydrogen-bond donors (Lipinski definition) is 0. The van der Waals surface area contributed by atoms with Gasteiger partial charge in [0.15, 0.2) is 0 Å². The average Bonchev–Trinajstić information content (AvgIpc) is 2.03. The summed E-state index contributed by atoms with van der Waals surface area (Å²) in [7, 11) is 0. The maximum atomic E-state index is 2.28. The summed E-state index contributed by atoms with van der Waals surface area (Å²) in [6.07, 6.45) is 11.7. The van der Waals surface area contributed by atoms with Crippen LogP contribution in [-0.4, -0.2) is 0 Å². The molecule has 0 spiro atoms. The SMILES string of the molecule is CCCCCCCCC[CH2][Zn].[Zn]. The van der Waals surface area contributed by atoms with E-state index in [4.69, 9.17) is 0 Å². The van der Waals surface area contributed by atoms with E-state index in [9.17, 15) is 0 Å². The third kappa shape index (κ3) is 13.8. The second-order valence-electron chi connectivity index (χ2n) is 3.33. The predicted molar refractivity (Wildman–Crippen MR) is 47.4 cm³/mol. The summed E-state index contributed by atoms with van der Waals surface area (Å²) in [5.74, 6) is 0. The third-order valence-corrected chi connectivity index (χ3v) is 3.15. The summed E-state index contributed by atoms with van der Waals surface area (Å²) < 4.78 is 0. The molecular formula is C10H21Zn2. The molecular weight excluding hydrogens is 251 g/mol. The van der Waals surface area contributed by atoms with Crippen molar-refractivity contribution in [3.8, 4) is 0 Å². The van der Waals surface area contributed by atoms with Gasteiger partial charge in [0.2, 0.25) is 0 Å². The molecule has 0 rings (SSSR count). The van der Waals surface area contributed by atoms with Crippen LogP contribution in [0.5, 0.6) is 0 Å². The van der Waals surface area contributed by atoms with Gasteiger partial charge in [-0.1, -0.05) is 0 Å². The normalized spacial score (nSPS) is 9.58. The van der Waals surface area contributed by atoms with Crippen molar-refractivity contribution in [1.82, 2.24) is 0 Å². The molecule has 0 aromatic heterocycles. The van der Waals surface area contributed by atoms with Crippen molar-refractivity contribution >= 4 is 0 Å². The van der Waals surface area contributed by atoms with Crippen molar-refractivity contribution in [1.29, 1.82) is 0 Å². The average molecular weight is 272 g/mol. The zero-order chi connectivity index (χ0) is 8.36. The summed E-state index contributed by atoms with van der Waals surface area (Å²) in [5, 5.41) is 1.50. The second-order valence-corrected chi connectivity index (χ2v) is 4.81. The van der Waals surface area contributed by atoms with Crippen LogP contribution in [0.4, 0.5) is 0 Å². The molecule has 0 radical (unpaired) electrons. The maximum absolute atomic E-state index is 2.28. The van der Waals surface area contributed by atoms with E-state index in [2.05, 4.69) is 6.92 Å². The first kappa shape index (κ1) is 15.7. The van der Waals surface area contributed by atoms with Gasteiger partial charge in [-0.25, -0.2) is 0 Å². The zero-order valence-electron chi connectivity index (χ0n) is 8.78. The van der Waals surface area contributed by atoms with Crippen LogP contribution >= 0.6 is 0 Å². The van der Waals surface area contributed by atoms with E-state index in [0.29, 0.717) is 0 Å². The van der Waals surface area contributed by atoms with Crippen molar-refractivity contribution < 1.29 is 37.8 Å². The van der Waals surface area contributed by atoms with Gasteiger partial charge in [-0.05, 0) is 0 Å². The van der Waals surface area contributed by atoms with Crippen LogP contribution in [0.15, 0.2) is 0 Å². The molecule has 0 aliphatic heterocycles. The molecule has 2 heteroatoms. The fourth-order valence-corrected chi connectivity index (χ4v) is 2.05. The molecule has 0 nitrogen and oxygen atoms in total. The quantitative estimate of drug-likeness (QED) is 0.461. The molecule has 0 aromatic rings. The molecule has 0 unspecified atom stereocenters. The minimum atomic E-state index is 0. The molecule has 0 saturated carbocycles. The first-order valence-electron chi connectivity index (χ1n) is 5.21. The Kier molecular flexibility index (Phi) is 19.3. The molecule has 0 atom stereocenters. The molecule has 0 saturated heterocycles. The Morgan fingerprint density at radius 1 is 0.750 bits per heavy atom. The Balaban J connectivity index is 0. The Bertz CT molecular complexity index is 56.9. The summed E-state index contributed by atoms with van der Waals surface area (Å²) in [5.41, 5.74) is 0. The van der Waals surface area contributed by atoms with Crippen molar-refractivity contribution in [2.24, 2.45) is 0 Å². The van der Waals surface area contributed by atoms with Crippen molar-refractivity contribution in [3.05, 3.63) is 0 Å². The monoisotopic (exact) mass is 269 g/mol. The largest absolute Gasteiger partial charge is 0 e. The van der Waals surface area contributed by atoms with E-state index < -0.39 is 0 Å². The van der Waals surface area contributed by atoms with Crippen molar-refractivity contribution in [2.45, 2.75) is 63.3 Å². The van der Waals surface area contributed by atoms with Gasteiger partial charge >= 0.3 is 81.6 Å². The van der Waals surface area contributed by atoms with Gasteiger partial charge in [0.1, 0.15) is 0 Å². The van der Waals surface area contributed by atoms with Crippen molar-refractivity contribution in [3.63, 3.8) is 0 Å². The Labute approximate surface area is 101 Å². The maximum Gasteiger partial charge on any atom is 0 e. The van der Waals surface area contributed by atoms with Gasteiger partial charge in [0.05, 0.1) is 0 Å². The van der Waals surface area contributed by atoms with Gasteiger partial charge in [-0.2, -0.15) is 0 Å². The Hall–Kier alpha value is 1.25. The summed E-state index contributed by atoms with van der Waals surface area (Å²) >= 11 is 1.50. The van der Waals surface area contributed by atoms with Crippen LogP contribution in [0.25, 0.3) is 0 Å². The van der Waals surface area contributed by atoms with Crippen molar-refractivity contribution in [2.75, 3.05) is 0 Å². The van der Waals surface area contributed by atoms with E-state index in [1.165, 1.54) is 74.7 Å². The summed E-state index contributed by atoms with van der Waals surface area (Å²) in [6, 6.07) is 0. The van der Waals surface area contributed by atoms with Crippen LogP contribution < -0.4 is 0 Å². The van der Waals surface area contributed by atoms with E-state index >= 15 is 0 Å². The van der Waals surface area contributed by atoms with Gasteiger partial charge in [0.25, 0.3) is 0 Å². The Morgan fingerprint density at radius 3 is 1.58 bits per heavy atom. The van der Waals surface area contributed by atoms with Crippen LogP contribution in [0.3, 0.4) is 0 Å². The molecule has 0 amide bonds. The first-order valence-corrected chi connectivity index (χ1v) is 7.31. The summed E-state index contributed by atoms with van der Waals surface area (Å²) in [6.45, 7) is 2.28. The number of unbranched alkanes of at least 4 members (excludes halogenated alkanes) is 7. The second kappa shape index (κ2) is 14.8. The number of rotatable bonds is 8. The predicted octanol–water partition coefficient (Wildman–Crippen LogP) is 4.09. The fraction of sp³-hybridized carbons (Fsp3) is 1.00. The molecule has 0 aromatic carbocycles. The van der Waals surface area contributed by atoms with E-state index in [1.54, 1.807) is 0 Å². The molecule has 12 heavy (non-hydrogen) atoms. The van der Waals surface area contributed by atoms with Crippen LogP contribution in [0, 0.1) is 0 Å². The molecule has 0 aliphatic carbocycles. The fourth-order valence-electron chi connectivity index (χ4n) is 1.31.